The molecule has 2 aromatic rings. The lowest BCUT2D eigenvalue weighted by Crippen LogP contribution is -1.96. The van der Waals surface area contributed by atoms with Crippen LogP contribution in [0, 0.1) is 0 Å². The lowest BCUT2D eigenvalue weighted by molar-refractivity contribution is 0.407. The van der Waals surface area contributed by atoms with E-state index in [0.717, 1.165) is 24.0 Å². The summed E-state index contributed by atoms with van der Waals surface area (Å²) >= 11 is 0. The maximum atomic E-state index is 11.0. The number of rotatable bonds is 1. The molecule has 1 aliphatic carbocycles. The van der Waals surface area contributed by atoms with E-state index in [1.807, 2.05) is 0 Å². The smallest absolute Gasteiger partial charge is 0.419 e. The van der Waals surface area contributed by atoms with Crippen LogP contribution in [0.1, 0.15) is 29.2 Å². The molecule has 1 atom stereocenters. The molecule has 0 saturated carbocycles. The molecule has 0 radical (unpaired) electrons. The minimum atomic E-state index is -0.648. The number of nitrogens with one attached hydrogen (secondary N) is 1. The average molecular weight is 233 g/mol. The van der Waals surface area contributed by atoms with Gasteiger partial charge in [-0.1, -0.05) is 6.07 Å². The number of H-pyrrole nitrogens is 1. The van der Waals surface area contributed by atoms with Crippen LogP contribution in [0.4, 0.5) is 0 Å². The summed E-state index contributed by atoms with van der Waals surface area (Å²) in [5, 5.41) is 19.0. The van der Waals surface area contributed by atoms with E-state index in [-0.39, 0.29) is 23.3 Å². The van der Waals surface area contributed by atoms with Crippen molar-refractivity contribution in [2.75, 3.05) is 0 Å². The van der Waals surface area contributed by atoms with E-state index in [0.29, 0.717) is 0 Å². The van der Waals surface area contributed by atoms with Gasteiger partial charge in [-0.3, -0.25) is 4.98 Å². The predicted octanol–water partition coefficient (Wildman–Crippen LogP) is 1.46. The summed E-state index contributed by atoms with van der Waals surface area (Å²) in [5.41, 5.74) is 2.01. The molecule has 17 heavy (non-hydrogen) atoms. The number of aromatic hydroxyl groups is 2. The normalized spacial score (nSPS) is 18.2. The van der Waals surface area contributed by atoms with Gasteiger partial charge >= 0.3 is 5.76 Å². The van der Waals surface area contributed by atoms with Crippen molar-refractivity contribution in [1.29, 1.82) is 0 Å². The van der Waals surface area contributed by atoms with Gasteiger partial charge in [0.25, 0.3) is 0 Å². The second-order valence-corrected chi connectivity index (χ2v) is 4.20. The Kier molecular flexibility index (Phi) is 2.01. The molecule has 88 valence electrons. The third kappa shape index (κ3) is 1.51. The van der Waals surface area contributed by atoms with E-state index in [1.165, 1.54) is 0 Å². The minimum absolute atomic E-state index is 0.121. The fourth-order valence-corrected chi connectivity index (χ4v) is 2.44. The van der Waals surface area contributed by atoms with Crippen LogP contribution in [0.3, 0.4) is 0 Å². The van der Waals surface area contributed by atoms with Crippen LogP contribution in [0.15, 0.2) is 27.4 Å². The first-order valence-corrected chi connectivity index (χ1v) is 5.39. The second-order valence-electron chi connectivity index (χ2n) is 4.20. The Labute approximate surface area is 96.3 Å². The zero-order chi connectivity index (χ0) is 12.0. The first-order valence-electron chi connectivity index (χ1n) is 5.39. The van der Waals surface area contributed by atoms with Gasteiger partial charge in [-0.25, -0.2) is 4.79 Å². The Hall–Kier alpha value is -2.17. The quantitative estimate of drug-likeness (QED) is 0.695. The molecular formula is C12H11NO4. The van der Waals surface area contributed by atoms with Crippen molar-refractivity contribution in [3.8, 4) is 11.6 Å². The van der Waals surface area contributed by atoms with Crippen LogP contribution in [0.2, 0.25) is 0 Å². The number of hydrogen-bond acceptors (Lipinski definition) is 4. The first-order chi connectivity index (χ1) is 8.15. The number of aryl methyl sites for hydroxylation is 1. The molecule has 1 heterocycles. The van der Waals surface area contributed by atoms with Gasteiger partial charge in [0.15, 0.2) is 5.76 Å². The monoisotopic (exact) mass is 233 g/mol. The standard InChI is InChI=1S/C12H11NO4/c14-7-2-4-8-6(5-7)1-3-9(8)10-11(15)13-12(16)17-10/h2,4-5,9,14-15H,1,3H2,(H,13,16)/t9-/m1/s1. The van der Waals surface area contributed by atoms with Crippen LogP contribution >= 0.6 is 0 Å². The maximum absolute atomic E-state index is 11.0. The molecule has 0 unspecified atom stereocenters. The molecular weight excluding hydrogens is 222 g/mol. The predicted molar refractivity (Wildman–Crippen MR) is 59.3 cm³/mol. The number of phenols is 1. The van der Waals surface area contributed by atoms with Crippen LogP contribution in [0.25, 0.3) is 0 Å². The van der Waals surface area contributed by atoms with Crippen molar-refractivity contribution in [2.45, 2.75) is 18.8 Å². The van der Waals surface area contributed by atoms with Crippen molar-refractivity contribution in [2.24, 2.45) is 0 Å². The fraction of sp³-hybridized carbons (Fsp3) is 0.250. The molecule has 0 bridgehead atoms. The van der Waals surface area contributed by atoms with Crippen molar-refractivity contribution in [1.82, 2.24) is 4.98 Å². The van der Waals surface area contributed by atoms with E-state index in [2.05, 4.69) is 4.98 Å². The van der Waals surface area contributed by atoms with Crippen molar-refractivity contribution >= 4 is 0 Å². The molecule has 5 heteroatoms. The molecule has 3 rings (SSSR count). The Bertz CT molecular complexity index is 626. The molecule has 0 amide bonds. The van der Waals surface area contributed by atoms with E-state index in [1.54, 1.807) is 18.2 Å². The number of oxazole rings is 1. The Balaban J connectivity index is 2.09. The molecule has 0 saturated heterocycles. The topological polar surface area (TPSA) is 86.5 Å². The molecule has 0 fully saturated rings. The molecule has 3 N–H and O–H groups in total. The van der Waals surface area contributed by atoms with Crippen molar-refractivity contribution in [3.05, 3.63) is 45.6 Å². The second kappa shape index (κ2) is 3.41. The van der Waals surface area contributed by atoms with Crippen molar-refractivity contribution < 1.29 is 14.6 Å². The SMILES string of the molecule is O=c1[nH]c(O)c([C@@H]2CCc3cc(O)ccc32)o1. The van der Waals surface area contributed by atoms with Gasteiger partial charge in [-0.05, 0) is 36.1 Å². The number of aromatic nitrogens is 1. The summed E-state index contributed by atoms with van der Waals surface area (Å²) < 4.78 is 4.96. The van der Waals surface area contributed by atoms with Gasteiger partial charge in [0.05, 0.1) is 0 Å². The lowest BCUT2D eigenvalue weighted by atomic mass is 9.99. The van der Waals surface area contributed by atoms with Gasteiger partial charge in [0, 0.05) is 5.92 Å². The van der Waals surface area contributed by atoms with Gasteiger partial charge < -0.3 is 14.6 Å². The van der Waals surface area contributed by atoms with Crippen LogP contribution < -0.4 is 5.76 Å². The molecule has 5 nitrogen and oxygen atoms in total. The summed E-state index contributed by atoms with van der Waals surface area (Å²) in [6.45, 7) is 0. The zero-order valence-corrected chi connectivity index (χ0v) is 8.93. The van der Waals surface area contributed by atoms with E-state index >= 15 is 0 Å². The average Bonchev–Trinajstić information content (AvgIpc) is 2.81. The number of fused-ring (bicyclic) bond motifs is 1. The largest absolute Gasteiger partial charge is 0.508 e. The Morgan fingerprint density at radius 3 is 2.88 bits per heavy atom. The highest BCUT2D eigenvalue weighted by Crippen LogP contribution is 2.41. The summed E-state index contributed by atoms with van der Waals surface area (Å²) in [6.07, 6.45) is 1.55. The van der Waals surface area contributed by atoms with Crippen LogP contribution in [-0.4, -0.2) is 15.2 Å². The number of benzene rings is 1. The van der Waals surface area contributed by atoms with E-state index < -0.39 is 5.76 Å². The summed E-state index contributed by atoms with van der Waals surface area (Å²) in [7, 11) is 0. The highest BCUT2D eigenvalue weighted by Gasteiger charge is 2.29. The van der Waals surface area contributed by atoms with Gasteiger partial charge in [0.1, 0.15) is 5.75 Å². The van der Waals surface area contributed by atoms with Gasteiger partial charge in [-0.2, -0.15) is 0 Å². The number of phenolic OH excluding ortho intramolecular Hbond substituents is 1. The third-order valence-corrected chi connectivity index (χ3v) is 3.18. The fourth-order valence-electron chi connectivity index (χ4n) is 2.44. The van der Waals surface area contributed by atoms with Crippen LogP contribution in [0.5, 0.6) is 11.6 Å². The van der Waals surface area contributed by atoms with Gasteiger partial charge in [0.2, 0.25) is 5.88 Å². The highest BCUT2D eigenvalue weighted by atomic mass is 16.4. The highest BCUT2D eigenvalue weighted by molar-refractivity contribution is 5.44. The molecule has 0 aliphatic heterocycles. The van der Waals surface area contributed by atoms with E-state index in [9.17, 15) is 15.0 Å². The van der Waals surface area contributed by atoms with E-state index in [4.69, 9.17) is 4.42 Å². The Morgan fingerprint density at radius 1 is 1.35 bits per heavy atom. The van der Waals surface area contributed by atoms with Gasteiger partial charge in [-0.15, -0.1) is 0 Å². The van der Waals surface area contributed by atoms with Crippen LogP contribution in [-0.2, 0) is 6.42 Å². The lowest BCUT2D eigenvalue weighted by Gasteiger charge is -2.07. The zero-order valence-electron chi connectivity index (χ0n) is 8.93. The number of aromatic amines is 1. The molecule has 1 aromatic heterocycles. The Morgan fingerprint density at radius 2 is 2.18 bits per heavy atom. The number of hydrogen-bond donors (Lipinski definition) is 3. The third-order valence-electron chi connectivity index (χ3n) is 3.18. The molecule has 1 aromatic carbocycles. The molecule has 0 spiro atoms. The summed E-state index contributed by atoms with van der Waals surface area (Å²) in [5.74, 6) is -0.473. The minimum Gasteiger partial charge on any atom is -0.508 e. The summed E-state index contributed by atoms with van der Waals surface area (Å²) in [6, 6.07) is 5.10. The van der Waals surface area contributed by atoms with Crippen molar-refractivity contribution in [3.63, 3.8) is 0 Å². The summed E-state index contributed by atoms with van der Waals surface area (Å²) in [4.78, 5) is 13.2. The molecule has 1 aliphatic rings. The first kappa shape index (κ1) is 10.0. The maximum Gasteiger partial charge on any atom is 0.419 e.